The molecule has 1 aliphatic carbocycles. The fourth-order valence-corrected chi connectivity index (χ4v) is 5.13. The molecule has 12 heteroatoms. The van der Waals surface area contributed by atoms with Gasteiger partial charge in [-0.3, -0.25) is 0 Å². The van der Waals surface area contributed by atoms with Crippen LogP contribution in [-0.2, 0) is 16.6 Å². The van der Waals surface area contributed by atoms with Crippen LogP contribution >= 0.6 is 0 Å². The Morgan fingerprint density at radius 1 is 1.07 bits per heavy atom. The monoisotopic (exact) mass is 579 g/mol. The molecule has 1 aliphatic rings. The second-order valence-corrected chi connectivity index (χ2v) is 11.1. The molecule has 0 amide bonds. The van der Waals surface area contributed by atoms with Gasteiger partial charge in [-0.05, 0) is 63.2 Å². The average molecular weight is 580 g/mol. The zero-order valence-electron chi connectivity index (χ0n) is 22.9. The standard InChI is InChI=1S/C26H29F3N4O3S.C2H7N/c1-36-25-16-20(37(30,34)35)12-13-23(25)31-14-6-9-19-15-21-22(32-18-7-3-2-4-8-18)10-5-11-24(21)33(19)17-26(27,28)29;1-3-2/h5,10-13,15-16,18,31-32H,2-4,7-8,14,17H2,1H3,(H2,30,34,35);3H,1-2H3. The van der Waals surface area contributed by atoms with Gasteiger partial charge >= 0.3 is 6.18 Å². The second-order valence-electron chi connectivity index (χ2n) is 9.51. The van der Waals surface area contributed by atoms with E-state index in [1.54, 1.807) is 18.2 Å². The predicted molar refractivity (Wildman–Crippen MR) is 153 cm³/mol. The smallest absolute Gasteiger partial charge is 0.406 e. The molecular formula is C28H36F3N5O3S. The molecule has 0 aliphatic heterocycles. The first-order chi connectivity index (χ1) is 19.0. The Morgan fingerprint density at radius 2 is 1.77 bits per heavy atom. The zero-order chi connectivity index (χ0) is 29.3. The molecule has 1 fully saturated rings. The maximum Gasteiger partial charge on any atom is 0.406 e. The summed E-state index contributed by atoms with van der Waals surface area (Å²) in [4.78, 5) is -0.102. The van der Waals surface area contributed by atoms with E-state index in [1.165, 1.54) is 36.3 Å². The highest BCUT2D eigenvalue weighted by molar-refractivity contribution is 7.89. The molecule has 8 nitrogen and oxygen atoms in total. The van der Waals surface area contributed by atoms with E-state index in [0.717, 1.165) is 31.4 Å². The summed E-state index contributed by atoms with van der Waals surface area (Å²) < 4.78 is 69.9. The molecule has 0 spiro atoms. The van der Waals surface area contributed by atoms with Gasteiger partial charge in [0.25, 0.3) is 0 Å². The fraction of sp³-hybridized carbons (Fsp3) is 0.429. The number of benzene rings is 2. The van der Waals surface area contributed by atoms with Gasteiger partial charge in [-0.1, -0.05) is 31.2 Å². The van der Waals surface area contributed by atoms with Crippen LogP contribution in [-0.4, -0.2) is 53.0 Å². The lowest BCUT2D eigenvalue weighted by atomic mass is 9.95. The normalized spacial score (nSPS) is 14.1. The molecule has 1 aromatic heterocycles. The summed E-state index contributed by atoms with van der Waals surface area (Å²) in [7, 11) is 1.24. The number of methoxy groups -OCH3 is 1. The number of primary sulfonamides is 1. The molecule has 3 aromatic rings. The highest BCUT2D eigenvalue weighted by Gasteiger charge is 2.30. The lowest BCUT2D eigenvalue weighted by Crippen LogP contribution is -2.22. The van der Waals surface area contributed by atoms with Gasteiger partial charge < -0.3 is 25.3 Å². The first kappa shape index (κ1) is 31.1. The van der Waals surface area contributed by atoms with Crippen LogP contribution in [0.2, 0.25) is 0 Å². The number of nitrogens with zero attached hydrogens (tertiary/aromatic N) is 1. The molecule has 1 saturated carbocycles. The summed E-state index contributed by atoms with van der Waals surface area (Å²) in [6, 6.07) is 11.4. The molecule has 1 heterocycles. The second kappa shape index (κ2) is 13.8. The lowest BCUT2D eigenvalue weighted by molar-refractivity contribution is -0.140. The molecule has 218 valence electrons. The summed E-state index contributed by atoms with van der Waals surface area (Å²) in [5.41, 5.74) is 2.00. The first-order valence-corrected chi connectivity index (χ1v) is 14.5. The van der Waals surface area contributed by atoms with Crippen molar-refractivity contribution in [3.8, 4) is 17.6 Å². The third-order valence-corrected chi connectivity index (χ3v) is 7.24. The van der Waals surface area contributed by atoms with Crippen LogP contribution in [0.15, 0.2) is 47.4 Å². The first-order valence-electron chi connectivity index (χ1n) is 12.9. The van der Waals surface area contributed by atoms with Crippen LogP contribution in [0.25, 0.3) is 10.9 Å². The molecule has 5 N–H and O–H groups in total. The van der Waals surface area contributed by atoms with Crippen molar-refractivity contribution >= 4 is 32.3 Å². The quantitative estimate of drug-likeness (QED) is 0.297. The van der Waals surface area contributed by atoms with Crippen LogP contribution in [0.1, 0.15) is 37.8 Å². The van der Waals surface area contributed by atoms with Crippen molar-refractivity contribution in [1.82, 2.24) is 9.88 Å². The molecule has 0 radical (unpaired) electrons. The van der Waals surface area contributed by atoms with Crippen LogP contribution < -0.4 is 25.8 Å². The van der Waals surface area contributed by atoms with E-state index in [1.807, 2.05) is 20.2 Å². The number of hydrogen-bond donors (Lipinski definition) is 4. The summed E-state index contributed by atoms with van der Waals surface area (Å²) in [6.07, 6.45) is 1.16. The number of sulfonamides is 1. The predicted octanol–water partition coefficient (Wildman–Crippen LogP) is 4.90. The number of hydrogen-bond acceptors (Lipinski definition) is 6. The summed E-state index contributed by atoms with van der Waals surface area (Å²) in [6.45, 7) is -1.06. The maximum absolute atomic E-state index is 13.4. The molecular weight excluding hydrogens is 543 g/mol. The highest BCUT2D eigenvalue weighted by atomic mass is 32.2. The minimum atomic E-state index is -4.41. The van der Waals surface area contributed by atoms with Crippen molar-refractivity contribution in [3.05, 3.63) is 48.2 Å². The molecule has 0 saturated heterocycles. The van der Waals surface area contributed by atoms with Gasteiger partial charge in [-0.15, -0.1) is 0 Å². The lowest BCUT2D eigenvalue weighted by Gasteiger charge is -2.24. The van der Waals surface area contributed by atoms with Crippen molar-refractivity contribution in [2.75, 3.05) is 38.4 Å². The van der Waals surface area contributed by atoms with Gasteiger partial charge in [0, 0.05) is 23.2 Å². The van der Waals surface area contributed by atoms with E-state index in [0.29, 0.717) is 22.6 Å². The van der Waals surface area contributed by atoms with Crippen molar-refractivity contribution in [2.45, 2.75) is 55.8 Å². The SMILES string of the molecule is CNC.COc1cc(S(N)(=O)=O)ccc1NCC#Cc1cc2c(NC3CCCCC3)cccc2n1CC(F)(F)F. The van der Waals surface area contributed by atoms with Crippen LogP contribution in [0.5, 0.6) is 5.75 Å². The third-order valence-electron chi connectivity index (χ3n) is 6.33. The van der Waals surface area contributed by atoms with E-state index in [2.05, 4.69) is 27.8 Å². The number of alkyl halides is 3. The number of ether oxygens (including phenoxy) is 1. The topological polar surface area (TPSA) is 110 Å². The molecule has 40 heavy (non-hydrogen) atoms. The third kappa shape index (κ3) is 8.55. The minimum Gasteiger partial charge on any atom is -0.495 e. The molecule has 2 aromatic carbocycles. The highest BCUT2D eigenvalue weighted by Crippen LogP contribution is 2.32. The van der Waals surface area contributed by atoms with Crippen molar-refractivity contribution in [2.24, 2.45) is 5.14 Å². The largest absolute Gasteiger partial charge is 0.495 e. The van der Waals surface area contributed by atoms with Crippen LogP contribution in [0, 0.1) is 11.8 Å². The average Bonchev–Trinajstić information content (AvgIpc) is 3.24. The van der Waals surface area contributed by atoms with Crippen molar-refractivity contribution in [1.29, 1.82) is 0 Å². The number of rotatable bonds is 7. The van der Waals surface area contributed by atoms with Crippen LogP contribution in [0.3, 0.4) is 0 Å². The fourth-order valence-electron chi connectivity index (χ4n) is 4.60. The minimum absolute atomic E-state index is 0.0891. The Morgan fingerprint density at radius 3 is 2.40 bits per heavy atom. The Hall–Kier alpha value is -3.40. The molecule has 0 atom stereocenters. The van der Waals surface area contributed by atoms with E-state index in [-0.39, 0.29) is 22.9 Å². The number of anilines is 2. The van der Waals surface area contributed by atoms with E-state index in [4.69, 9.17) is 9.88 Å². The van der Waals surface area contributed by atoms with Gasteiger partial charge in [0.2, 0.25) is 10.0 Å². The molecule has 4 rings (SSSR count). The van der Waals surface area contributed by atoms with Crippen molar-refractivity contribution in [3.63, 3.8) is 0 Å². The van der Waals surface area contributed by atoms with E-state index < -0.39 is 22.7 Å². The van der Waals surface area contributed by atoms with Crippen LogP contribution in [0.4, 0.5) is 24.5 Å². The number of aromatic nitrogens is 1. The number of nitrogens with one attached hydrogen (secondary N) is 3. The number of halogens is 3. The molecule has 0 unspecified atom stereocenters. The van der Waals surface area contributed by atoms with Gasteiger partial charge in [0.15, 0.2) is 0 Å². The van der Waals surface area contributed by atoms with Gasteiger partial charge in [0.05, 0.1) is 35.4 Å². The number of nitrogens with two attached hydrogens (primary N) is 1. The van der Waals surface area contributed by atoms with E-state index in [9.17, 15) is 21.6 Å². The summed E-state index contributed by atoms with van der Waals surface area (Å²) in [5.74, 6) is 5.98. The Kier molecular flexibility index (Phi) is 10.7. The van der Waals surface area contributed by atoms with Gasteiger partial charge in [-0.2, -0.15) is 13.2 Å². The summed E-state index contributed by atoms with van der Waals surface area (Å²) in [5, 5.41) is 15.1. The Labute approximate surface area is 233 Å². The van der Waals surface area contributed by atoms with Crippen molar-refractivity contribution < 1.29 is 26.3 Å². The van der Waals surface area contributed by atoms with Gasteiger partial charge in [-0.25, -0.2) is 13.6 Å². The zero-order valence-corrected chi connectivity index (χ0v) is 23.7. The summed E-state index contributed by atoms with van der Waals surface area (Å²) >= 11 is 0. The van der Waals surface area contributed by atoms with E-state index >= 15 is 0 Å². The Balaban J connectivity index is 0.00000141. The molecule has 0 bridgehead atoms. The van der Waals surface area contributed by atoms with Gasteiger partial charge in [0.1, 0.15) is 12.3 Å². The Bertz CT molecular complexity index is 1450. The number of fused-ring (bicyclic) bond motifs is 1. The maximum atomic E-state index is 13.4.